The van der Waals surface area contributed by atoms with Crippen molar-refractivity contribution in [3.05, 3.63) is 119 Å². The largest absolute Gasteiger partial charge is 0.458 e. The van der Waals surface area contributed by atoms with Crippen molar-refractivity contribution in [1.29, 1.82) is 0 Å². The van der Waals surface area contributed by atoms with E-state index in [4.69, 9.17) is 9.47 Å². The lowest BCUT2D eigenvalue weighted by atomic mass is 10.0. The molecule has 0 aliphatic rings. The standard InChI is InChI=1S/C28H26O4/c1-21-13-16-25(19-22(21)2)26(32-28(30)18-15-24-11-7-4-8-12-24)20-31-27(29)17-14-23-9-5-3-6-10-23/h3-19,26H,20H2,1-2H3/b17-14+,18-15+/t26-/m0/s1. The minimum atomic E-state index is -0.712. The van der Waals surface area contributed by atoms with Crippen molar-refractivity contribution >= 4 is 24.1 Å². The van der Waals surface area contributed by atoms with E-state index in [0.29, 0.717) is 0 Å². The molecule has 3 aromatic carbocycles. The monoisotopic (exact) mass is 426 g/mol. The van der Waals surface area contributed by atoms with Gasteiger partial charge in [-0.15, -0.1) is 0 Å². The van der Waals surface area contributed by atoms with Gasteiger partial charge in [0.05, 0.1) is 0 Å². The Hall–Kier alpha value is -3.92. The highest BCUT2D eigenvalue weighted by atomic mass is 16.6. The van der Waals surface area contributed by atoms with E-state index in [-0.39, 0.29) is 6.61 Å². The van der Waals surface area contributed by atoms with Gasteiger partial charge in [0.15, 0.2) is 6.10 Å². The van der Waals surface area contributed by atoms with Crippen molar-refractivity contribution in [2.24, 2.45) is 0 Å². The average molecular weight is 427 g/mol. The van der Waals surface area contributed by atoms with E-state index >= 15 is 0 Å². The summed E-state index contributed by atoms with van der Waals surface area (Å²) < 4.78 is 11.0. The molecule has 0 N–H and O–H groups in total. The zero-order valence-corrected chi connectivity index (χ0v) is 18.2. The highest BCUT2D eigenvalue weighted by Gasteiger charge is 2.18. The molecule has 162 valence electrons. The van der Waals surface area contributed by atoms with E-state index in [1.54, 1.807) is 12.2 Å². The Morgan fingerprint density at radius 2 is 1.31 bits per heavy atom. The number of carbonyl (C=O) groups is 2. The zero-order chi connectivity index (χ0) is 22.8. The van der Waals surface area contributed by atoms with Gasteiger partial charge in [0.2, 0.25) is 0 Å². The smallest absolute Gasteiger partial charge is 0.331 e. The van der Waals surface area contributed by atoms with Crippen LogP contribution >= 0.6 is 0 Å². The molecule has 32 heavy (non-hydrogen) atoms. The van der Waals surface area contributed by atoms with E-state index in [9.17, 15) is 9.59 Å². The Labute approximate surface area is 188 Å². The Kier molecular flexibility index (Phi) is 8.15. The van der Waals surface area contributed by atoms with Gasteiger partial charge < -0.3 is 9.47 Å². The number of hydrogen-bond acceptors (Lipinski definition) is 4. The third-order valence-electron chi connectivity index (χ3n) is 4.96. The van der Waals surface area contributed by atoms with Crippen LogP contribution in [0.1, 0.15) is 33.9 Å². The minimum absolute atomic E-state index is 0.0780. The fourth-order valence-corrected chi connectivity index (χ4v) is 3.01. The van der Waals surface area contributed by atoms with Gasteiger partial charge in [-0.2, -0.15) is 0 Å². The van der Waals surface area contributed by atoms with Gasteiger partial charge in [0.1, 0.15) is 6.61 Å². The molecule has 0 unspecified atom stereocenters. The van der Waals surface area contributed by atoms with Crippen LogP contribution in [-0.4, -0.2) is 18.5 Å². The van der Waals surface area contributed by atoms with Gasteiger partial charge in [0.25, 0.3) is 0 Å². The van der Waals surface area contributed by atoms with Crippen LogP contribution in [0.3, 0.4) is 0 Å². The molecule has 0 aliphatic carbocycles. The molecule has 3 rings (SSSR count). The van der Waals surface area contributed by atoms with E-state index in [2.05, 4.69) is 0 Å². The van der Waals surface area contributed by atoms with Crippen molar-refractivity contribution in [2.75, 3.05) is 6.61 Å². The number of rotatable bonds is 8. The third-order valence-corrected chi connectivity index (χ3v) is 4.96. The molecule has 0 radical (unpaired) electrons. The quantitative estimate of drug-likeness (QED) is 0.334. The Morgan fingerprint density at radius 3 is 1.88 bits per heavy atom. The average Bonchev–Trinajstić information content (AvgIpc) is 2.82. The minimum Gasteiger partial charge on any atom is -0.458 e. The lowest BCUT2D eigenvalue weighted by molar-refractivity contribution is -0.153. The normalized spacial score (nSPS) is 12.1. The number of esters is 2. The Bertz CT molecular complexity index is 1100. The van der Waals surface area contributed by atoms with Gasteiger partial charge in [-0.25, -0.2) is 9.59 Å². The molecule has 1 atom stereocenters. The van der Waals surface area contributed by atoms with Crippen LogP contribution in [-0.2, 0) is 19.1 Å². The number of aryl methyl sites for hydroxylation is 2. The highest BCUT2D eigenvalue weighted by Crippen LogP contribution is 2.22. The van der Waals surface area contributed by atoms with Crippen LogP contribution in [0.4, 0.5) is 0 Å². The molecule has 3 aromatic rings. The molecule has 0 amide bonds. The maximum atomic E-state index is 12.4. The Balaban J connectivity index is 1.68. The topological polar surface area (TPSA) is 52.6 Å². The summed E-state index contributed by atoms with van der Waals surface area (Å²) in [5.41, 5.74) is 4.76. The molecule has 4 nitrogen and oxygen atoms in total. The Morgan fingerprint density at radius 1 is 0.750 bits per heavy atom. The summed E-state index contributed by atoms with van der Waals surface area (Å²) in [5, 5.41) is 0. The summed E-state index contributed by atoms with van der Waals surface area (Å²) in [6.07, 6.45) is 5.40. The van der Waals surface area contributed by atoms with E-state index in [0.717, 1.165) is 27.8 Å². The number of hydrogen-bond donors (Lipinski definition) is 0. The van der Waals surface area contributed by atoms with Gasteiger partial charge in [0, 0.05) is 12.2 Å². The lowest BCUT2D eigenvalue weighted by Crippen LogP contribution is -2.17. The van der Waals surface area contributed by atoms with Crippen molar-refractivity contribution in [2.45, 2.75) is 20.0 Å². The molecule has 0 saturated carbocycles. The molecule has 0 saturated heterocycles. The SMILES string of the molecule is Cc1ccc([C@H](COC(=O)/C=C/c2ccccc2)OC(=O)/C=C/c2ccccc2)cc1C. The third kappa shape index (κ3) is 7.10. The summed E-state index contributed by atoms with van der Waals surface area (Å²) in [4.78, 5) is 24.7. The van der Waals surface area contributed by atoms with Crippen molar-refractivity contribution in [1.82, 2.24) is 0 Å². The first-order valence-electron chi connectivity index (χ1n) is 10.4. The molecule has 0 aliphatic heterocycles. The maximum Gasteiger partial charge on any atom is 0.331 e. The number of benzene rings is 3. The van der Waals surface area contributed by atoms with E-state index in [1.807, 2.05) is 92.7 Å². The predicted molar refractivity (Wildman–Crippen MR) is 127 cm³/mol. The molecular formula is C28H26O4. The van der Waals surface area contributed by atoms with Crippen LogP contribution in [0, 0.1) is 13.8 Å². The highest BCUT2D eigenvalue weighted by molar-refractivity contribution is 5.88. The fourth-order valence-electron chi connectivity index (χ4n) is 3.01. The second-order valence-corrected chi connectivity index (χ2v) is 7.39. The summed E-state index contributed by atoms with van der Waals surface area (Å²) in [7, 11) is 0. The zero-order valence-electron chi connectivity index (χ0n) is 18.2. The molecule has 4 heteroatoms. The summed E-state index contributed by atoms with van der Waals surface area (Å²) in [5.74, 6) is -1.01. The second-order valence-electron chi connectivity index (χ2n) is 7.39. The number of ether oxygens (including phenoxy) is 2. The fraction of sp³-hybridized carbons (Fsp3) is 0.143. The first kappa shape index (κ1) is 22.8. The molecule has 0 fully saturated rings. The predicted octanol–water partition coefficient (Wildman–Crippen LogP) is 5.86. The van der Waals surface area contributed by atoms with Crippen LogP contribution in [0.25, 0.3) is 12.2 Å². The first-order chi connectivity index (χ1) is 15.5. The molecule has 0 bridgehead atoms. The molecule has 0 aromatic heterocycles. The molecular weight excluding hydrogens is 400 g/mol. The summed E-state index contributed by atoms with van der Waals surface area (Å²) >= 11 is 0. The lowest BCUT2D eigenvalue weighted by Gasteiger charge is -2.18. The van der Waals surface area contributed by atoms with E-state index < -0.39 is 18.0 Å². The maximum absolute atomic E-state index is 12.4. The van der Waals surface area contributed by atoms with Crippen LogP contribution in [0.2, 0.25) is 0 Å². The van der Waals surface area contributed by atoms with Gasteiger partial charge in [-0.05, 0) is 53.8 Å². The van der Waals surface area contributed by atoms with Crippen molar-refractivity contribution in [3.8, 4) is 0 Å². The van der Waals surface area contributed by atoms with Crippen LogP contribution in [0.15, 0.2) is 91.0 Å². The number of carbonyl (C=O) groups excluding carboxylic acids is 2. The second kappa shape index (κ2) is 11.5. The van der Waals surface area contributed by atoms with Crippen molar-refractivity contribution < 1.29 is 19.1 Å². The van der Waals surface area contributed by atoms with Crippen LogP contribution < -0.4 is 0 Å². The first-order valence-corrected chi connectivity index (χ1v) is 10.4. The van der Waals surface area contributed by atoms with Crippen LogP contribution in [0.5, 0.6) is 0 Å². The van der Waals surface area contributed by atoms with Gasteiger partial charge in [-0.1, -0.05) is 78.9 Å². The summed E-state index contributed by atoms with van der Waals surface area (Å²) in [6.45, 7) is 3.92. The van der Waals surface area contributed by atoms with Crippen molar-refractivity contribution in [3.63, 3.8) is 0 Å². The summed E-state index contributed by atoms with van der Waals surface area (Å²) in [6, 6.07) is 24.8. The van der Waals surface area contributed by atoms with E-state index in [1.165, 1.54) is 12.2 Å². The molecule has 0 spiro atoms. The van der Waals surface area contributed by atoms with Gasteiger partial charge in [-0.3, -0.25) is 0 Å². The molecule has 0 heterocycles. The van der Waals surface area contributed by atoms with Gasteiger partial charge >= 0.3 is 11.9 Å².